The van der Waals surface area contributed by atoms with Gasteiger partial charge in [-0.15, -0.1) is 0 Å². The molecule has 0 amide bonds. The molecule has 2 fully saturated rings. The highest BCUT2D eigenvalue weighted by molar-refractivity contribution is 5.97. The molecule has 156 valence electrons. The Morgan fingerprint density at radius 2 is 1.83 bits per heavy atom. The second-order valence-corrected chi connectivity index (χ2v) is 8.71. The minimum absolute atomic E-state index is 0.234. The van der Waals surface area contributed by atoms with Gasteiger partial charge in [-0.1, -0.05) is 19.3 Å². The zero-order chi connectivity index (χ0) is 20.7. The molecular weight excluding hydrogens is 377 g/mol. The third-order valence-corrected chi connectivity index (χ3v) is 6.88. The Bertz CT molecular complexity index is 1080. The third kappa shape index (κ3) is 3.31. The molecule has 0 radical (unpaired) electrons. The summed E-state index contributed by atoms with van der Waals surface area (Å²) < 4.78 is 21.7. The fourth-order valence-corrected chi connectivity index (χ4v) is 5.04. The second-order valence-electron chi connectivity index (χ2n) is 8.71. The molecule has 0 bridgehead atoms. The van der Waals surface area contributed by atoms with Crippen molar-refractivity contribution in [1.29, 1.82) is 5.41 Å². The van der Waals surface area contributed by atoms with E-state index in [-0.39, 0.29) is 5.82 Å². The fourth-order valence-electron chi connectivity index (χ4n) is 5.04. The van der Waals surface area contributed by atoms with Gasteiger partial charge in [-0.25, -0.2) is 4.39 Å². The second kappa shape index (κ2) is 7.88. The molecule has 2 aliphatic rings. The van der Waals surface area contributed by atoms with Crippen LogP contribution >= 0.6 is 0 Å². The first kappa shape index (κ1) is 19.3. The Hall–Kier alpha value is -2.66. The first-order valence-electron chi connectivity index (χ1n) is 11.0. The minimum atomic E-state index is -0.234. The van der Waals surface area contributed by atoms with Crippen molar-refractivity contribution >= 4 is 22.8 Å². The van der Waals surface area contributed by atoms with Crippen LogP contribution in [0.25, 0.3) is 16.6 Å². The van der Waals surface area contributed by atoms with Crippen molar-refractivity contribution in [3.05, 3.63) is 59.0 Å². The van der Waals surface area contributed by atoms with E-state index in [2.05, 4.69) is 4.57 Å². The van der Waals surface area contributed by atoms with Gasteiger partial charge in [-0.2, -0.15) is 0 Å². The zero-order valence-corrected chi connectivity index (χ0v) is 17.2. The van der Waals surface area contributed by atoms with E-state index in [1.165, 1.54) is 54.3 Å². The normalized spacial score (nSPS) is 17.9. The summed E-state index contributed by atoms with van der Waals surface area (Å²) in [6.07, 6.45) is 8.23. The SMILES string of the molecule is N=Cc1cc2c(cc1N)c(CC1CCC1)c(C1CCOCC1)n2-c1ccc(F)cc1. The number of hydrogen-bond acceptors (Lipinski definition) is 3. The summed E-state index contributed by atoms with van der Waals surface area (Å²) in [7, 11) is 0. The van der Waals surface area contributed by atoms with Crippen LogP contribution in [0.15, 0.2) is 36.4 Å². The lowest BCUT2D eigenvalue weighted by atomic mass is 9.79. The molecule has 4 nitrogen and oxygen atoms in total. The maximum Gasteiger partial charge on any atom is 0.123 e. The van der Waals surface area contributed by atoms with E-state index >= 15 is 0 Å². The van der Waals surface area contributed by atoms with Crippen LogP contribution in [-0.4, -0.2) is 24.0 Å². The van der Waals surface area contributed by atoms with Gasteiger partial charge in [-0.05, 0) is 67.1 Å². The average molecular weight is 406 g/mol. The smallest absolute Gasteiger partial charge is 0.123 e. The van der Waals surface area contributed by atoms with Gasteiger partial charge < -0.3 is 20.4 Å². The van der Waals surface area contributed by atoms with Gasteiger partial charge in [0.2, 0.25) is 0 Å². The molecular formula is C25H28FN3O. The lowest BCUT2D eigenvalue weighted by Gasteiger charge is -2.29. The van der Waals surface area contributed by atoms with E-state index in [0.29, 0.717) is 11.6 Å². The van der Waals surface area contributed by atoms with E-state index in [4.69, 9.17) is 15.9 Å². The molecule has 5 heteroatoms. The topological polar surface area (TPSA) is 64.0 Å². The average Bonchev–Trinajstić information content (AvgIpc) is 3.04. The Labute approximate surface area is 176 Å². The summed E-state index contributed by atoms with van der Waals surface area (Å²) in [5.41, 5.74) is 12.4. The molecule has 30 heavy (non-hydrogen) atoms. The van der Waals surface area contributed by atoms with Crippen molar-refractivity contribution in [2.24, 2.45) is 5.92 Å². The van der Waals surface area contributed by atoms with Crippen molar-refractivity contribution in [2.75, 3.05) is 18.9 Å². The number of aromatic nitrogens is 1. The highest BCUT2D eigenvalue weighted by Crippen LogP contribution is 2.42. The molecule has 1 aliphatic heterocycles. The number of fused-ring (bicyclic) bond motifs is 1. The summed E-state index contributed by atoms with van der Waals surface area (Å²) in [4.78, 5) is 0. The number of rotatable bonds is 5. The Morgan fingerprint density at radius 3 is 2.47 bits per heavy atom. The molecule has 5 rings (SSSR count). The largest absolute Gasteiger partial charge is 0.398 e. The third-order valence-electron chi connectivity index (χ3n) is 6.88. The van der Waals surface area contributed by atoms with E-state index in [1.54, 1.807) is 0 Å². The molecule has 3 aromatic rings. The standard InChI is InChI=1S/C25H28FN3O/c26-19-4-6-20(7-5-19)29-24-13-18(15-27)23(28)14-21(24)22(12-16-2-1-3-16)25(29)17-8-10-30-11-9-17/h4-7,13-17,27H,1-3,8-12,28H2. The lowest BCUT2D eigenvalue weighted by Crippen LogP contribution is -2.20. The van der Waals surface area contributed by atoms with Crippen LogP contribution in [0.5, 0.6) is 0 Å². The van der Waals surface area contributed by atoms with Gasteiger partial charge in [0.25, 0.3) is 0 Å². The number of nitrogens with two attached hydrogens (primary N) is 1. The molecule has 0 spiro atoms. The molecule has 1 saturated carbocycles. The quantitative estimate of drug-likeness (QED) is 0.429. The molecule has 3 N–H and O–H groups in total. The lowest BCUT2D eigenvalue weighted by molar-refractivity contribution is 0.0840. The van der Waals surface area contributed by atoms with E-state index in [9.17, 15) is 4.39 Å². The number of anilines is 1. The van der Waals surface area contributed by atoms with E-state index < -0.39 is 0 Å². The van der Waals surface area contributed by atoms with Crippen molar-refractivity contribution < 1.29 is 9.13 Å². The van der Waals surface area contributed by atoms with Crippen LogP contribution in [0, 0.1) is 17.1 Å². The van der Waals surface area contributed by atoms with Crippen molar-refractivity contribution in [1.82, 2.24) is 4.57 Å². The van der Waals surface area contributed by atoms with Crippen molar-refractivity contribution in [3.63, 3.8) is 0 Å². The number of benzene rings is 2. The summed E-state index contributed by atoms with van der Waals surface area (Å²) in [5.74, 6) is 0.886. The molecule has 0 unspecified atom stereocenters. The predicted molar refractivity (Wildman–Crippen MR) is 119 cm³/mol. The van der Waals surface area contributed by atoms with Crippen LogP contribution in [0.3, 0.4) is 0 Å². The maximum absolute atomic E-state index is 13.7. The molecule has 1 saturated heterocycles. The molecule has 1 aliphatic carbocycles. The highest BCUT2D eigenvalue weighted by atomic mass is 19.1. The Kier molecular flexibility index (Phi) is 5.07. The summed E-state index contributed by atoms with van der Waals surface area (Å²) >= 11 is 0. The van der Waals surface area contributed by atoms with E-state index in [0.717, 1.165) is 55.2 Å². The molecule has 2 aromatic carbocycles. The summed E-state index contributed by atoms with van der Waals surface area (Å²) in [6, 6.07) is 10.8. The van der Waals surface area contributed by atoms with Gasteiger partial charge in [0.15, 0.2) is 0 Å². The fraction of sp³-hybridized carbons (Fsp3) is 0.400. The molecule has 1 aromatic heterocycles. The highest BCUT2D eigenvalue weighted by Gasteiger charge is 2.30. The number of nitrogen functional groups attached to an aromatic ring is 1. The van der Waals surface area contributed by atoms with Gasteiger partial charge >= 0.3 is 0 Å². The van der Waals surface area contributed by atoms with Crippen molar-refractivity contribution in [2.45, 2.75) is 44.4 Å². The molecule has 2 heterocycles. The van der Waals surface area contributed by atoms with Gasteiger partial charge in [0.05, 0.1) is 5.52 Å². The number of nitrogens with one attached hydrogen (secondary N) is 1. The first-order valence-corrected chi connectivity index (χ1v) is 11.0. The maximum atomic E-state index is 13.7. The first-order chi connectivity index (χ1) is 14.7. The van der Waals surface area contributed by atoms with Gasteiger partial charge in [-0.3, -0.25) is 0 Å². The Balaban J connectivity index is 1.80. The predicted octanol–water partition coefficient (Wildman–Crippen LogP) is 5.59. The van der Waals surface area contributed by atoms with Crippen LogP contribution in [0.2, 0.25) is 0 Å². The van der Waals surface area contributed by atoms with E-state index in [1.807, 2.05) is 24.3 Å². The van der Waals surface area contributed by atoms with Crippen LogP contribution < -0.4 is 5.73 Å². The van der Waals surface area contributed by atoms with Crippen LogP contribution in [0.1, 0.15) is 54.8 Å². The monoisotopic (exact) mass is 405 g/mol. The zero-order valence-electron chi connectivity index (χ0n) is 17.2. The minimum Gasteiger partial charge on any atom is -0.398 e. The summed E-state index contributed by atoms with van der Waals surface area (Å²) in [5, 5.41) is 8.97. The number of ether oxygens (including phenoxy) is 1. The van der Waals surface area contributed by atoms with Gasteiger partial charge in [0, 0.05) is 53.4 Å². The van der Waals surface area contributed by atoms with Crippen molar-refractivity contribution in [3.8, 4) is 5.69 Å². The number of hydrogen-bond donors (Lipinski definition) is 2. The Morgan fingerprint density at radius 1 is 1.10 bits per heavy atom. The molecule has 0 atom stereocenters. The number of nitrogens with zero attached hydrogens (tertiary/aromatic N) is 1. The summed E-state index contributed by atoms with van der Waals surface area (Å²) in [6.45, 7) is 1.54. The van der Waals surface area contributed by atoms with Crippen LogP contribution in [0.4, 0.5) is 10.1 Å². The number of halogens is 1. The van der Waals surface area contributed by atoms with Crippen LogP contribution in [-0.2, 0) is 11.2 Å². The van der Waals surface area contributed by atoms with Gasteiger partial charge in [0.1, 0.15) is 5.82 Å².